The van der Waals surface area contributed by atoms with E-state index in [1.807, 2.05) is 42.5 Å². The number of halogens is 3. The fraction of sp³-hybridized carbons (Fsp3) is 0.0769. The van der Waals surface area contributed by atoms with E-state index in [4.69, 9.17) is 23.2 Å². The van der Waals surface area contributed by atoms with Crippen molar-refractivity contribution >= 4 is 44.8 Å². The van der Waals surface area contributed by atoms with E-state index >= 15 is 0 Å². The SMILES string of the molecule is Clc1ccc(NCc2ccc(Cl)c(Br)c2)cc1. The van der Waals surface area contributed by atoms with Crippen molar-refractivity contribution in [2.75, 3.05) is 5.32 Å². The van der Waals surface area contributed by atoms with Gasteiger partial charge in [-0.3, -0.25) is 0 Å². The maximum atomic E-state index is 5.93. The van der Waals surface area contributed by atoms with Crippen molar-refractivity contribution < 1.29 is 0 Å². The van der Waals surface area contributed by atoms with Crippen molar-refractivity contribution in [3.05, 3.63) is 62.5 Å². The molecule has 2 rings (SSSR count). The molecule has 0 radical (unpaired) electrons. The van der Waals surface area contributed by atoms with Crippen molar-refractivity contribution in [3.8, 4) is 0 Å². The second kappa shape index (κ2) is 5.76. The molecule has 0 heterocycles. The summed E-state index contributed by atoms with van der Waals surface area (Å²) in [6.07, 6.45) is 0. The molecule has 0 saturated heterocycles. The minimum atomic E-state index is 0.722. The summed E-state index contributed by atoms with van der Waals surface area (Å²) in [7, 11) is 0. The first-order chi connectivity index (χ1) is 8.15. The van der Waals surface area contributed by atoms with Crippen molar-refractivity contribution in [2.24, 2.45) is 0 Å². The fourth-order valence-electron chi connectivity index (χ4n) is 1.42. The maximum Gasteiger partial charge on any atom is 0.0548 e. The lowest BCUT2D eigenvalue weighted by atomic mass is 10.2. The van der Waals surface area contributed by atoms with Crippen LogP contribution in [-0.4, -0.2) is 0 Å². The Balaban J connectivity index is 2.02. The summed E-state index contributed by atoms with van der Waals surface area (Å²) >= 11 is 15.2. The minimum Gasteiger partial charge on any atom is -0.381 e. The topological polar surface area (TPSA) is 12.0 Å². The molecule has 0 amide bonds. The summed E-state index contributed by atoms with van der Waals surface area (Å²) < 4.78 is 0.912. The van der Waals surface area contributed by atoms with Crippen molar-refractivity contribution in [3.63, 3.8) is 0 Å². The molecule has 0 saturated carbocycles. The molecule has 1 N–H and O–H groups in total. The van der Waals surface area contributed by atoms with E-state index in [2.05, 4.69) is 21.2 Å². The lowest BCUT2D eigenvalue weighted by Gasteiger charge is -2.07. The molecule has 0 aliphatic rings. The summed E-state index contributed by atoms with van der Waals surface area (Å²) in [5.74, 6) is 0. The Hall–Kier alpha value is -0.700. The highest BCUT2D eigenvalue weighted by Crippen LogP contribution is 2.23. The van der Waals surface area contributed by atoms with Crippen LogP contribution in [0, 0.1) is 0 Å². The smallest absolute Gasteiger partial charge is 0.0548 e. The van der Waals surface area contributed by atoms with Crippen LogP contribution in [-0.2, 0) is 6.54 Å². The highest BCUT2D eigenvalue weighted by Gasteiger charge is 1.99. The summed E-state index contributed by atoms with van der Waals surface area (Å²) in [5, 5.41) is 4.78. The number of nitrogens with one attached hydrogen (secondary N) is 1. The van der Waals surface area contributed by atoms with Crippen molar-refractivity contribution in [1.29, 1.82) is 0 Å². The van der Waals surface area contributed by atoms with Crippen molar-refractivity contribution in [2.45, 2.75) is 6.54 Å². The van der Waals surface area contributed by atoms with E-state index in [0.717, 1.165) is 32.3 Å². The van der Waals surface area contributed by atoms with Crippen LogP contribution in [0.4, 0.5) is 5.69 Å². The summed E-state index contributed by atoms with van der Waals surface area (Å²) in [4.78, 5) is 0. The molecule has 0 aliphatic carbocycles. The molecule has 0 aliphatic heterocycles. The van der Waals surface area contributed by atoms with Gasteiger partial charge < -0.3 is 5.32 Å². The van der Waals surface area contributed by atoms with E-state index in [-0.39, 0.29) is 0 Å². The van der Waals surface area contributed by atoms with Gasteiger partial charge in [-0.25, -0.2) is 0 Å². The van der Waals surface area contributed by atoms with E-state index in [1.54, 1.807) is 0 Å². The first kappa shape index (κ1) is 12.7. The Morgan fingerprint density at radius 2 is 1.71 bits per heavy atom. The Morgan fingerprint density at radius 1 is 1.00 bits per heavy atom. The Kier molecular flexibility index (Phi) is 4.32. The molecule has 0 fully saturated rings. The summed E-state index contributed by atoms with van der Waals surface area (Å²) in [6, 6.07) is 13.5. The largest absolute Gasteiger partial charge is 0.381 e. The average molecular weight is 331 g/mol. The van der Waals surface area contributed by atoms with Crippen LogP contribution in [0.1, 0.15) is 5.56 Å². The standard InChI is InChI=1S/C13H10BrCl2N/c14-12-7-9(1-6-13(12)16)8-17-11-4-2-10(15)3-5-11/h1-7,17H,8H2. The molecule has 0 atom stereocenters. The first-order valence-electron chi connectivity index (χ1n) is 5.08. The normalized spacial score (nSPS) is 10.3. The Labute approximate surface area is 119 Å². The summed E-state index contributed by atoms with van der Waals surface area (Å²) in [6.45, 7) is 0.747. The molecule has 0 spiro atoms. The Morgan fingerprint density at radius 3 is 2.35 bits per heavy atom. The van der Waals surface area contributed by atoms with Crippen molar-refractivity contribution in [1.82, 2.24) is 0 Å². The highest BCUT2D eigenvalue weighted by molar-refractivity contribution is 9.10. The van der Waals surface area contributed by atoms with Gasteiger partial charge in [0, 0.05) is 21.7 Å². The van der Waals surface area contributed by atoms with Gasteiger partial charge in [0.25, 0.3) is 0 Å². The zero-order valence-corrected chi connectivity index (χ0v) is 12.0. The monoisotopic (exact) mass is 329 g/mol. The van der Waals surface area contributed by atoms with E-state index in [1.165, 1.54) is 0 Å². The molecule has 0 bridgehead atoms. The molecule has 2 aromatic carbocycles. The third kappa shape index (κ3) is 3.63. The summed E-state index contributed by atoms with van der Waals surface area (Å²) in [5.41, 5.74) is 2.21. The zero-order valence-electron chi connectivity index (χ0n) is 8.88. The average Bonchev–Trinajstić information content (AvgIpc) is 2.33. The number of hydrogen-bond donors (Lipinski definition) is 1. The second-order valence-electron chi connectivity index (χ2n) is 3.61. The molecule has 88 valence electrons. The third-order valence-electron chi connectivity index (χ3n) is 2.32. The predicted molar refractivity (Wildman–Crippen MR) is 77.9 cm³/mol. The maximum absolute atomic E-state index is 5.93. The van der Waals surface area contributed by atoms with Crippen LogP contribution in [0.15, 0.2) is 46.9 Å². The molecule has 0 unspecified atom stereocenters. The van der Waals surface area contributed by atoms with Gasteiger partial charge in [0.1, 0.15) is 0 Å². The first-order valence-corrected chi connectivity index (χ1v) is 6.63. The van der Waals surface area contributed by atoms with Gasteiger partial charge in [-0.15, -0.1) is 0 Å². The van der Waals surface area contributed by atoms with E-state index in [0.29, 0.717) is 0 Å². The molecule has 4 heteroatoms. The quantitative estimate of drug-likeness (QED) is 0.797. The van der Waals surface area contributed by atoms with Crippen LogP contribution >= 0.6 is 39.1 Å². The van der Waals surface area contributed by atoms with Crippen LogP contribution in [0.5, 0.6) is 0 Å². The second-order valence-corrected chi connectivity index (χ2v) is 5.31. The number of rotatable bonds is 3. The molecule has 2 aromatic rings. The van der Waals surface area contributed by atoms with Gasteiger partial charge in [0.15, 0.2) is 0 Å². The van der Waals surface area contributed by atoms with Gasteiger partial charge >= 0.3 is 0 Å². The van der Waals surface area contributed by atoms with Crippen LogP contribution in [0.25, 0.3) is 0 Å². The van der Waals surface area contributed by atoms with Gasteiger partial charge in [0.2, 0.25) is 0 Å². The number of hydrogen-bond acceptors (Lipinski definition) is 1. The van der Waals surface area contributed by atoms with Gasteiger partial charge in [-0.1, -0.05) is 29.3 Å². The van der Waals surface area contributed by atoms with E-state index in [9.17, 15) is 0 Å². The lowest BCUT2D eigenvalue weighted by molar-refractivity contribution is 1.15. The van der Waals surface area contributed by atoms with Crippen LogP contribution < -0.4 is 5.32 Å². The fourth-order valence-corrected chi connectivity index (χ4v) is 2.09. The molecule has 0 aromatic heterocycles. The lowest BCUT2D eigenvalue weighted by Crippen LogP contribution is -1.98. The molecule has 17 heavy (non-hydrogen) atoms. The van der Waals surface area contributed by atoms with Gasteiger partial charge in [0.05, 0.1) is 5.02 Å². The Bertz CT molecular complexity index is 511. The predicted octanol–water partition coefficient (Wildman–Crippen LogP) is 5.37. The number of benzene rings is 2. The third-order valence-corrected chi connectivity index (χ3v) is 3.79. The minimum absolute atomic E-state index is 0.722. The van der Waals surface area contributed by atoms with Crippen LogP contribution in [0.2, 0.25) is 10.0 Å². The van der Waals surface area contributed by atoms with Crippen LogP contribution in [0.3, 0.4) is 0 Å². The number of anilines is 1. The zero-order chi connectivity index (χ0) is 12.3. The molecular weight excluding hydrogens is 321 g/mol. The van der Waals surface area contributed by atoms with E-state index < -0.39 is 0 Å². The van der Waals surface area contributed by atoms with Gasteiger partial charge in [-0.2, -0.15) is 0 Å². The molecular formula is C13H10BrCl2N. The molecule has 1 nitrogen and oxygen atoms in total. The van der Waals surface area contributed by atoms with Gasteiger partial charge in [-0.05, 0) is 57.9 Å². The highest BCUT2D eigenvalue weighted by atomic mass is 79.9.